The Morgan fingerprint density at radius 3 is 2.28 bits per heavy atom. The molecule has 0 bridgehead atoms. The molecule has 1 heterocycles. The predicted molar refractivity (Wildman–Crippen MR) is 97.4 cm³/mol. The number of hydrogen-bond acceptors (Lipinski definition) is 3. The van der Waals surface area contributed by atoms with Crippen molar-refractivity contribution in [3.8, 4) is 0 Å². The normalized spacial score (nSPS) is 15.7. The van der Waals surface area contributed by atoms with E-state index in [9.17, 15) is 13.2 Å². The van der Waals surface area contributed by atoms with Gasteiger partial charge in [-0.3, -0.25) is 4.79 Å². The fraction of sp³-hybridized carbons (Fsp3) is 0.316. The molecule has 2 aromatic rings. The van der Waals surface area contributed by atoms with Gasteiger partial charge in [-0.1, -0.05) is 54.6 Å². The van der Waals surface area contributed by atoms with E-state index in [0.717, 1.165) is 22.5 Å². The van der Waals surface area contributed by atoms with Crippen molar-refractivity contribution in [3.05, 3.63) is 71.3 Å². The van der Waals surface area contributed by atoms with Crippen molar-refractivity contribution >= 4 is 15.9 Å². The van der Waals surface area contributed by atoms with Crippen LogP contribution in [0.5, 0.6) is 0 Å². The van der Waals surface area contributed by atoms with Crippen molar-refractivity contribution in [1.82, 2.24) is 9.21 Å². The lowest BCUT2D eigenvalue weighted by Crippen LogP contribution is -2.45. The molecule has 25 heavy (non-hydrogen) atoms. The molecule has 0 unspecified atom stereocenters. The van der Waals surface area contributed by atoms with Crippen molar-refractivity contribution in [1.29, 1.82) is 0 Å². The average Bonchev–Trinajstić information content (AvgIpc) is 2.61. The van der Waals surface area contributed by atoms with E-state index in [1.165, 1.54) is 12.6 Å². The molecule has 0 fully saturated rings. The van der Waals surface area contributed by atoms with Gasteiger partial charge in [-0.25, -0.2) is 8.42 Å². The van der Waals surface area contributed by atoms with E-state index in [4.69, 9.17) is 0 Å². The average molecular weight is 358 g/mol. The van der Waals surface area contributed by atoms with Crippen LogP contribution < -0.4 is 0 Å². The van der Waals surface area contributed by atoms with Crippen LogP contribution in [0.4, 0.5) is 0 Å². The van der Waals surface area contributed by atoms with Crippen molar-refractivity contribution in [2.45, 2.75) is 19.0 Å². The van der Waals surface area contributed by atoms with Gasteiger partial charge < -0.3 is 4.90 Å². The van der Waals surface area contributed by atoms with E-state index in [1.807, 2.05) is 36.4 Å². The number of carbonyl (C=O) groups excluding carboxylic acids is 1. The maximum absolute atomic E-state index is 13.2. The third kappa shape index (κ3) is 3.75. The Bertz CT molecular complexity index is 865. The summed E-state index contributed by atoms with van der Waals surface area (Å²) in [5, 5.41) is 0. The first-order chi connectivity index (χ1) is 11.9. The number of sulfonamides is 1. The third-order valence-corrected chi connectivity index (χ3v) is 5.94. The molecule has 6 heteroatoms. The van der Waals surface area contributed by atoms with Gasteiger partial charge >= 0.3 is 0 Å². The fourth-order valence-electron chi connectivity index (χ4n) is 3.19. The lowest BCUT2D eigenvalue weighted by atomic mass is 9.98. The van der Waals surface area contributed by atoms with Crippen LogP contribution in [0.15, 0.2) is 54.6 Å². The van der Waals surface area contributed by atoms with Crippen LogP contribution >= 0.6 is 0 Å². The number of likely N-dealkylation sites (N-methyl/N-ethyl adjacent to an activating group) is 1. The minimum absolute atomic E-state index is 0.186. The molecule has 1 atom stereocenters. The van der Waals surface area contributed by atoms with Crippen molar-refractivity contribution in [2.24, 2.45) is 0 Å². The summed E-state index contributed by atoms with van der Waals surface area (Å²) in [4.78, 5) is 15.0. The van der Waals surface area contributed by atoms with Gasteiger partial charge in [0.15, 0.2) is 0 Å². The summed E-state index contributed by atoms with van der Waals surface area (Å²) in [6.07, 6.45) is 1.91. The van der Waals surface area contributed by atoms with E-state index in [0.29, 0.717) is 18.7 Å². The van der Waals surface area contributed by atoms with Crippen LogP contribution in [0.2, 0.25) is 0 Å². The number of amides is 1. The fourth-order valence-corrected chi connectivity index (χ4v) is 3.79. The predicted octanol–water partition coefficient (Wildman–Crippen LogP) is 2.20. The lowest BCUT2D eigenvalue weighted by Gasteiger charge is -2.34. The molecule has 0 spiro atoms. The Labute approximate surface area is 148 Å². The number of nitrogens with zero attached hydrogens (tertiary/aromatic N) is 2. The zero-order valence-electron chi connectivity index (χ0n) is 14.4. The van der Waals surface area contributed by atoms with Gasteiger partial charge in [0.05, 0.1) is 6.26 Å². The first kappa shape index (κ1) is 17.6. The topological polar surface area (TPSA) is 57.7 Å². The molecule has 1 aliphatic heterocycles. The molecule has 0 aromatic heterocycles. The number of benzene rings is 2. The highest BCUT2D eigenvalue weighted by molar-refractivity contribution is 7.88. The van der Waals surface area contributed by atoms with E-state index in [1.54, 1.807) is 17.0 Å². The van der Waals surface area contributed by atoms with E-state index < -0.39 is 16.1 Å². The first-order valence-corrected chi connectivity index (χ1v) is 10.1. The Hall–Kier alpha value is -2.18. The Morgan fingerprint density at radius 2 is 1.64 bits per heavy atom. The summed E-state index contributed by atoms with van der Waals surface area (Å²) in [5.41, 5.74) is 3.05. The van der Waals surface area contributed by atoms with Crippen molar-refractivity contribution < 1.29 is 13.2 Å². The van der Waals surface area contributed by atoms with Crippen molar-refractivity contribution in [3.63, 3.8) is 0 Å². The third-order valence-electron chi connectivity index (χ3n) is 4.68. The Kier molecular flexibility index (Phi) is 4.92. The summed E-state index contributed by atoms with van der Waals surface area (Å²) in [6, 6.07) is 16.3. The smallest absolute Gasteiger partial charge is 0.245 e. The maximum Gasteiger partial charge on any atom is 0.245 e. The monoisotopic (exact) mass is 358 g/mol. The zero-order chi connectivity index (χ0) is 18.0. The second-order valence-corrected chi connectivity index (χ2v) is 8.41. The maximum atomic E-state index is 13.2. The van der Waals surface area contributed by atoms with Crippen molar-refractivity contribution in [2.75, 3.05) is 19.8 Å². The Balaban J connectivity index is 1.93. The molecule has 0 N–H and O–H groups in total. The molecule has 3 rings (SSSR count). The number of rotatable bonds is 4. The second kappa shape index (κ2) is 6.98. The van der Waals surface area contributed by atoms with E-state index in [-0.39, 0.29) is 5.91 Å². The minimum Gasteiger partial charge on any atom is -0.336 e. The van der Waals surface area contributed by atoms with Crippen LogP contribution in [0, 0.1) is 0 Å². The van der Waals surface area contributed by atoms with Gasteiger partial charge in [-0.2, -0.15) is 4.31 Å². The summed E-state index contributed by atoms with van der Waals surface area (Å²) in [5.74, 6) is -0.186. The largest absolute Gasteiger partial charge is 0.336 e. The molecule has 5 nitrogen and oxygen atoms in total. The zero-order valence-corrected chi connectivity index (χ0v) is 15.2. The first-order valence-electron chi connectivity index (χ1n) is 8.21. The van der Waals surface area contributed by atoms with Crippen LogP contribution in [0.3, 0.4) is 0 Å². The van der Waals surface area contributed by atoms with Gasteiger partial charge in [0.25, 0.3) is 0 Å². The number of carbonyl (C=O) groups is 1. The summed E-state index contributed by atoms with van der Waals surface area (Å²) in [7, 11) is -2.05. The summed E-state index contributed by atoms with van der Waals surface area (Å²) in [6.45, 7) is 1.10. The van der Waals surface area contributed by atoms with Gasteiger partial charge in [-0.15, -0.1) is 0 Å². The molecule has 2 aromatic carbocycles. The lowest BCUT2D eigenvalue weighted by molar-refractivity contribution is -0.136. The highest BCUT2D eigenvalue weighted by Crippen LogP contribution is 2.27. The molecule has 0 saturated carbocycles. The minimum atomic E-state index is -3.51. The van der Waals surface area contributed by atoms with Crippen LogP contribution in [0.25, 0.3) is 0 Å². The molecule has 132 valence electrons. The molecule has 1 amide bonds. The highest BCUT2D eigenvalue weighted by Gasteiger charge is 2.34. The molecular formula is C19H22N2O3S. The van der Waals surface area contributed by atoms with Crippen LogP contribution in [-0.2, 0) is 27.8 Å². The summed E-state index contributed by atoms with van der Waals surface area (Å²) < 4.78 is 25.3. The van der Waals surface area contributed by atoms with E-state index in [2.05, 4.69) is 6.07 Å². The van der Waals surface area contributed by atoms with Gasteiger partial charge in [-0.05, 0) is 23.1 Å². The number of hydrogen-bond donors (Lipinski definition) is 0. The molecular weight excluding hydrogens is 336 g/mol. The van der Waals surface area contributed by atoms with Gasteiger partial charge in [0, 0.05) is 20.1 Å². The molecule has 0 saturated heterocycles. The Morgan fingerprint density at radius 1 is 1.04 bits per heavy atom. The SMILES string of the molecule is CN([C@H](C(=O)N1CCc2ccccc2C1)c1ccccc1)S(C)(=O)=O. The second-order valence-electron chi connectivity index (χ2n) is 6.37. The van der Waals surface area contributed by atoms with Gasteiger partial charge in [0.2, 0.25) is 15.9 Å². The highest BCUT2D eigenvalue weighted by atomic mass is 32.2. The quantitative estimate of drug-likeness (QED) is 0.842. The van der Waals surface area contributed by atoms with Gasteiger partial charge in [0.1, 0.15) is 6.04 Å². The summed E-state index contributed by atoms with van der Waals surface area (Å²) >= 11 is 0. The number of fused-ring (bicyclic) bond motifs is 1. The molecule has 1 aliphatic rings. The molecule has 0 aliphatic carbocycles. The molecule has 0 radical (unpaired) electrons. The standard InChI is InChI=1S/C19H22N2O3S/c1-20(25(2,23)24)18(16-9-4-3-5-10-16)19(22)21-13-12-15-8-6-7-11-17(15)14-21/h3-11,18H,12-14H2,1-2H3/t18-/m0/s1. The van der Waals surface area contributed by atoms with Crippen LogP contribution in [0.1, 0.15) is 22.7 Å². The van der Waals surface area contributed by atoms with E-state index >= 15 is 0 Å². The van der Waals surface area contributed by atoms with Crippen LogP contribution in [-0.4, -0.2) is 43.4 Å².